The molecule has 36 heavy (non-hydrogen) atoms. The standard InChI is InChI=1S/C26H32N6O4/c1-26(2,3)36-25(33)32-6-4-17(5-7-32)18-12-19(14-27)22-21(13-18)30-23-20(15-35-22)24(29-16-28-23)31-8-10-34-11-9-31/h12-13,16-17H,4-11,15H2,1-3H3,(H,28,29,30). The maximum atomic E-state index is 12.5. The van der Waals surface area contributed by atoms with E-state index in [-0.39, 0.29) is 18.6 Å². The van der Waals surface area contributed by atoms with Crippen LogP contribution in [-0.2, 0) is 16.1 Å². The van der Waals surface area contributed by atoms with E-state index in [2.05, 4.69) is 32.3 Å². The van der Waals surface area contributed by atoms with E-state index in [4.69, 9.17) is 14.2 Å². The number of aromatic nitrogens is 2. The third-order valence-corrected chi connectivity index (χ3v) is 6.70. The number of piperidine rings is 1. The number of fused-ring (bicyclic) bond motifs is 2. The molecule has 10 heteroatoms. The Morgan fingerprint density at radius 2 is 1.92 bits per heavy atom. The van der Waals surface area contributed by atoms with Gasteiger partial charge in [0.15, 0.2) is 5.75 Å². The van der Waals surface area contributed by atoms with Gasteiger partial charge in [0.2, 0.25) is 0 Å². The molecule has 10 nitrogen and oxygen atoms in total. The number of carbonyl (C=O) groups is 1. The van der Waals surface area contributed by atoms with E-state index in [1.165, 1.54) is 0 Å². The quantitative estimate of drug-likeness (QED) is 0.666. The van der Waals surface area contributed by atoms with E-state index in [0.717, 1.165) is 48.6 Å². The van der Waals surface area contributed by atoms with Crippen LogP contribution in [0.2, 0.25) is 0 Å². The van der Waals surface area contributed by atoms with E-state index >= 15 is 0 Å². The van der Waals surface area contributed by atoms with Gasteiger partial charge in [-0.1, -0.05) is 0 Å². The zero-order valence-electron chi connectivity index (χ0n) is 21.0. The zero-order chi connectivity index (χ0) is 25.3. The summed E-state index contributed by atoms with van der Waals surface area (Å²) in [5.74, 6) is 2.26. The summed E-state index contributed by atoms with van der Waals surface area (Å²) in [6.07, 6.45) is 2.87. The third-order valence-electron chi connectivity index (χ3n) is 6.70. The first-order valence-electron chi connectivity index (χ1n) is 12.4. The molecule has 1 amide bonds. The molecule has 3 aliphatic rings. The fourth-order valence-corrected chi connectivity index (χ4v) is 4.90. The van der Waals surface area contributed by atoms with E-state index < -0.39 is 5.60 Å². The summed E-state index contributed by atoms with van der Waals surface area (Å²) in [5.41, 5.74) is 2.62. The SMILES string of the molecule is CC(C)(C)OC(=O)N1CCC(c2cc(C#N)c3c(c2)Nc2ncnc(N4CCOCC4)c2CO3)CC1. The van der Waals surface area contributed by atoms with E-state index in [9.17, 15) is 10.1 Å². The van der Waals surface area contributed by atoms with Crippen molar-refractivity contribution in [3.05, 3.63) is 35.2 Å². The molecule has 5 rings (SSSR count). The second-order valence-electron chi connectivity index (χ2n) is 10.3. The average molecular weight is 493 g/mol. The van der Waals surface area contributed by atoms with Gasteiger partial charge >= 0.3 is 6.09 Å². The summed E-state index contributed by atoms with van der Waals surface area (Å²) in [6, 6.07) is 6.27. The Morgan fingerprint density at radius 1 is 1.17 bits per heavy atom. The lowest BCUT2D eigenvalue weighted by molar-refractivity contribution is 0.0205. The number of hydrogen-bond acceptors (Lipinski definition) is 9. The number of morpholine rings is 1. The molecule has 0 atom stereocenters. The molecule has 2 fully saturated rings. The van der Waals surface area contributed by atoms with Gasteiger partial charge in [-0.05, 0) is 57.2 Å². The number of anilines is 3. The Hall–Kier alpha value is -3.58. The fraction of sp³-hybridized carbons (Fsp3) is 0.538. The number of likely N-dealkylation sites (tertiary alicyclic amines) is 1. The number of rotatable bonds is 2. The molecule has 0 spiro atoms. The molecule has 0 bridgehead atoms. The molecule has 1 aromatic carbocycles. The maximum absolute atomic E-state index is 12.5. The number of carbonyl (C=O) groups excluding carboxylic acids is 1. The molecule has 190 valence electrons. The molecule has 0 saturated carbocycles. The summed E-state index contributed by atoms with van der Waals surface area (Å²) in [6.45, 7) is 9.94. The van der Waals surface area contributed by atoms with E-state index in [1.807, 2.05) is 26.8 Å². The van der Waals surface area contributed by atoms with Gasteiger partial charge in [-0.3, -0.25) is 0 Å². The first-order chi connectivity index (χ1) is 17.3. The number of amides is 1. The molecule has 0 radical (unpaired) electrons. The molecule has 1 N–H and O–H groups in total. The van der Waals surface area contributed by atoms with Gasteiger partial charge in [-0.25, -0.2) is 14.8 Å². The number of benzene rings is 1. The number of hydrogen-bond donors (Lipinski definition) is 1. The first-order valence-corrected chi connectivity index (χ1v) is 12.4. The summed E-state index contributed by atoms with van der Waals surface area (Å²) in [4.78, 5) is 25.4. The number of nitriles is 1. The van der Waals surface area contributed by atoms with Crippen LogP contribution < -0.4 is 15.0 Å². The van der Waals surface area contributed by atoms with Gasteiger partial charge in [-0.15, -0.1) is 0 Å². The maximum Gasteiger partial charge on any atom is 0.410 e. The van der Waals surface area contributed by atoms with Gasteiger partial charge in [-0.2, -0.15) is 5.26 Å². The van der Waals surface area contributed by atoms with Crippen molar-refractivity contribution >= 4 is 23.4 Å². The van der Waals surface area contributed by atoms with Crippen molar-refractivity contribution in [3.63, 3.8) is 0 Å². The van der Waals surface area contributed by atoms with Gasteiger partial charge in [0, 0.05) is 26.2 Å². The first kappa shape index (κ1) is 24.1. The predicted molar refractivity (Wildman–Crippen MR) is 134 cm³/mol. The van der Waals surface area contributed by atoms with Crippen LogP contribution in [0.3, 0.4) is 0 Å². The average Bonchev–Trinajstić information content (AvgIpc) is 3.07. The van der Waals surface area contributed by atoms with Crippen molar-refractivity contribution in [1.82, 2.24) is 14.9 Å². The monoisotopic (exact) mass is 492 g/mol. The minimum Gasteiger partial charge on any atom is -0.485 e. The van der Waals surface area contributed by atoms with Crippen molar-refractivity contribution in [2.24, 2.45) is 0 Å². The highest BCUT2D eigenvalue weighted by Gasteiger charge is 2.30. The van der Waals surface area contributed by atoms with Gasteiger partial charge in [0.25, 0.3) is 0 Å². The summed E-state index contributed by atoms with van der Waals surface area (Å²) < 4.78 is 17.2. The largest absolute Gasteiger partial charge is 0.485 e. The fourth-order valence-electron chi connectivity index (χ4n) is 4.90. The highest BCUT2D eigenvalue weighted by Crippen LogP contribution is 2.41. The third kappa shape index (κ3) is 5.02. The van der Waals surface area contributed by atoms with E-state index in [1.54, 1.807) is 11.2 Å². The molecule has 4 heterocycles. The van der Waals surface area contributed by atoms with Crippen LogP contribution in [0.1, 0.15) is 56.2 Å². The molecule has 1 aromatic heterocycles. The summed E-state index contributed by atoms with van der Waals surface area (Å²) in [7, 11) is 0. The van der Waals surface area contributed by atoms with Gasteiger partial charge in [0.05, 0.1) is 30.0 Å². The molecular weight excluding hydrogens is 460 g/mol. The number of nitrogens with one attached hydrogen (secondary N) is 1. The molecule has 3 aliphatic heterocycles. The summed E-state index contributed by atoms with van der Waals surface area (Å²) >= 11 is 0. The Labute approximate surface area is 211 Å². The highest BCUT2D eigenvalue weighted by atomic mass is 16.6. The second kappa shape index (κ2) is 9.82. The summed E-state index contributed by atoms with van der Waals surface area (Å²) in [5, 5.41) is 13.3. The van der Waals surface area contributed by atoms with Gasteiger partial charge in [0.1, 0.15) is 36.2 Å². The number of ether oxygens (including phenoxy) is 3. The topological polar surface area (TPSA) is 113 Å². The van der Waals surface area contributed by atoms with Crippen LogP contribution in [-0.4, -0.2) is 66.0 Å². The Bertz CT molecular complexity index is 1170. The highest BCUT2D eigenvalue weighted by molar-refractivity contribution is 5.75. The van der Waals surface area contributed by atoms with Crippen LogP contribution in [0.4, 0.5) is 22.1 Å². The molecular formula is C26H32N6O4. The van der Waals surface area contributed by atoms with Crippen molar-refractivity contribution in [2.45, 2.75) is 51.7 Å². The lowest BCUT2D eigenvalue weighted by Crippen LogP contribution is -2.41. The number of nitrogens with zero attached hydrogens (tertiary/aromatic N) is 5. The van der Waals surface area contributed by atoms with Crippen molar-refractivity contribution < 1.29 is 19.0 Å². The molecule has 0 unspecified atom stereocenters. The normalized spacial score (nSPS) is 18.2. The molecule has 2 aromatic rings. The minimum absolute atomic E-state index is 0.222. The Kier molecular flexibility index (Phi) is 6.58. The van der Waals surface area contributed by atoms with Crippen LogP contribution in [0.5, 0.6) is 5.75 Å². The lowest BCUT2D eigenvalue weighted by atomic mass is 9.88. The van der Waals surface area contributed by atoms with E-state index in [0.29, 0.717) is 43.4 Å². The molecule has 2 saturated heterocycles. The predicted octanol–water partition coefficient (Wildman–Crippen LogP) is 3.94. The Morgan fingerprint density at radius 3 is 2.61 bits per heavy atom. The van der Waals surface area contributed by atoms with Crippen LogP contribution in [0, 0.1) is 11.3 Å². The van der Waals surface area contributed by atoms with Crippen molar-refractivity contribution in [1.29, 1.82) is 5.26 Å². The lowest BCUT2D eigenvalue weighted by Gasteiger charge is -2.33. The van der Waals surface area contributed by atoms with Crippen LogP contribution in [0.25, 0.3) is 0 Å². The van der Waals surface area contributed by atoms with Crippen molar-refractivity contribution in [2.75, 3.05) is 49.6 Å². The Balaban J connectivity index is 1.37. The molecule has 0 aliphatic carbocycles. The van der Waals surface area contributed by atoms with Crippen LogP contribution in [0.15, 0.2) is 18.5 Å². The zero-order valence-corrected chi connectivity index (χ0v) is 21.0. The van der Waals surface area contributed by atoms with Gasteiger partial charge < -0.3 is 29.3 Å². The smallest absolute Gasteiger partial charge is 0.410 e. The second-order valence-corrected chi connectivity index (χ2v) is 10.3. The van der Waals surface area contributed by atoms with Crippen LogP contribution >= 0.6 is 0 Å². The minimum atomic E-state index is -0.514. The van der Waals surface area contributed by atoms with Crippen molar-refractivity contribution in [3.8, 4) is 11.8 Å².